The predicted octanol–water partition coefficient (Wildman–Crippen LogP) is 0.837. The van der Waals surface area contributed by atoms with Crippen LogP contribution in [0.5, 0.6) is 0 Å². The number of hydrogen-bond donors (Lipinski definition) is 5. The molecule has 1 rings (SSSR count). The highest BCUT2D eigenvalue weighted by Crippen LogP contribution is 2.25. The van der Waals surface area contributed by atoms with Gasteiger partial charge in [0.05, 0.1) is 5.69 Å². The first kappa shape index (κ1) is 14.9. The standard InChI is InChI=1S/C6H5F3N2.H3O4P/c7-4-1-5(8)3-6(2-4)10-11-9;1-5(2,3)4/h1-3,10-11H;(H3,1,2,3,4). The maximum atomic E-state index is 12.3. The van der Waals surface area contributed by atoms with Gasteiger partial charge < -0.3 is 14.7 Å². The van der Waals surface area contributed by atoms with Gasteiger partial charge in [-0.15, -0.1) is 4.48 Å². The molecule has 16 heavy (non-hydrogen) atoms. The summed E-state index contributed by atoms with van der Waals surface area (Å²) in [6.45, 7) is 0. The van der Waals surface area contributed by atoms with Crippen molar-refractivity contribution < 1.29 is 32.5 Å². The molecule has 92 valence electrons. The van der Waals surface area contributed by atoms with Gasteiger partial charge in [0.2, 0.25) is 0 Å². The number of benzene rings is 1. The zero-order valence-corrected chi connectivity index (χ0v) is 8.46. The minimum absolute atomic E-state index is 0.00926. The molecule has 10 heteroatoms. The first-order chi connectivity index (χ1) is 7.22. The molecule has 0 radical (unpaired) electrons. The molecule has 0 spiro atoms. The van der Waals surface area contributed by atoms with Crippen molar-refractivity contribution in [1.82, 2.24) is 5.65 Å². The molecule has 0 saturated heterocycles. The SMILES string of the molecule is FNNc1cc(F)cc(F)c1.O=P(O)(O)O. The van der Waals surface area contributed by atoms with Gasteiger partial charge >= 0.3 is 7.82 Å². The van der Waals surface area contributed by atoms with Crippen LogP contribution in [0.4, 0.5) is 18.9 Å². The molecule has 0 saturated carbocycles. The van der Waals surface area contributed by atoms with E-state index in [9.17, 15) is 13.3 Å². The summed E-state index contributed by atoms with van der Waals surface area (Å²) in [6.07, 6.45) is 0. The smallest absolute Gasteiger partial charge is 0.303 e. The van der Waals surface area contributed by atoms with E-state index in [4.69, 9.17) is 19.2 Å². The Kier molecular flexibility index (Phi) is 6.01. The topological polar surface area (TPSA) is 102 Å². The molecule has 1 aromatic carbocycles. The molecule has 0 amide bonds. The summed E-state index contributed by atoms with van der Waals surface area (Å²) in [5.41, 5.74) is 2.94. The van der Waals surface area contributed by atoms with Crippen molar-refractivity contribution in [3.05, 3.63) is 29.8 Å². The Morgan fingerprint density at radius 3 is 1.75 bits per heavy atom. The van der Waals surface area contributed by atoms with Crippen LogP contribution in [0.3, 0.4) is 0 Å². The minimum atomic E-state index is -4.64. The number of phosphoric acid groups is 1. The van der Waals surface area contributed by atoms with E-state index >= 15 is 0 Å². The van der Waals surface area contributed by atoms with Crippen molar-refractivity contribution in [3.63, 3.8) is 0 Å². The van der Waals surface area contributed by atoms with Crippen LogP contribution in [0.15, 0.2) is 18.2 Å². The molecule has 5 N–H and O–H groups in total. The summed E-state index contributed by atoms with van der Waals surface area (Å²) >= 11 is 0. The van der Waals surface area contributed by atoms with Crippen LogP contribution in [0.25, 0.3) is 0 Å². The second-order valence-electron chi connectivity index (χ2n) is 2.39. The average molecular weight is 260 g/mol. The van der Waals surface area contributed by atoms with E-state index in [0.717, 1.165) is 17.8 Å². The highest BCUT2D eigenvalue weighted by atomic mass is 31.2. The van der Waals surface area contributed by atoms with E-state index in [0.29, 0.717) is 6.07 Å². The predicted molar refractivity (Wildman–Crippen MR) is 48.5 cm³/mol. The number of hydrogen-bond acceptors (Lipinski definition) is 3. The number of nitrogens with one attached hydrogen (secondary N) is 2. The third-order valence-corrected chi connectivity index (χ3v) is 1.05. The highest BCUT2D eigenvalue weighted by molar-refractivity contribution is 7.45. The summed E-state index contributed by atoms with van der Waals surface area (Å²) in [5.74, 6) is -1.52. The molecule has 1 aromatic rings. The van der Waals surface area contributed by atoms with Gasteiger partial charge in [-0.3, -0.25) is 5.43 Å². The van der Waals surface area contributed by atoms with E-state index in [-0.39, 0.29) is 5.69 Å². The summed E-state index contributed by atoms with van der Waals surface area (Å²) in [4.78, 5) is 21.6. The first-order valence-corrected chi connectivity index (χ1v) is 5.15. The van der Waals surface area contributed by atoms with Crippen LogP contribution in [-0.4, -0.2) is 14.7 Å². The number of halogens is 3. The number of anilines is 1. The normalized spacial score (nSPS) is 10.4. The number of hydrazine groups is 1. The highest BCUT2D eigenvalue weighted by Gasteiger charge is 2.00. The zero-order chi connectivity index (χ0) is 12.8. The fraction of sp³-hybridized carbons (Fsp3) is 0. The number of rotatable bonds is 2. The summed E-state index contributed by atoms with van der Waals surface area (Å²) < 4.78 is 44.9. The van der Waals surface area contributed by atoms with E-state index in [1.165, 1.54) is 0 Å². The Morgan fingerprint density at radius 1 is 1.06 bits per heavy atom. The molecule has 0 aliphatic rings. The first-order valence-electron chi connectivity index (χ1n) is 3.58. The monoisotopic (exact) mass is 260 g/mol. The minimum Gasteiger partial charge on any atom is -0.303 e. The molecule has 0 aliphatic heterocycles. The van der Waals surface area contributed by atoms with E-state index < -0.39 is 19.5 Å². The molecule has 0 unspecified atom stereocenters. The van der Waals surface area contributed by atoms with Crippen LogP contribution in [0, 0.1) is 11.6 Å². The van der Waals surface area contributed by atoms with Gasteiger partial charge in [-0.25, -0.2) is 13.3 Å². The van der Waals surface area contributed by atoms with Crippen LogP contribution >= 0.6 is 7.82 Å². The fourth-order valence-corrected chi connectivity index (χ4v) is 0.681. The molecule has 0 heterocycles. The van der Waals surface area contributed by atoms with Gasteiger partial charge in [0.1, 0.15) is 11.6 Å². The Bertz CT molecular complexity index is 358. The van der Waals surface area contributed by atoms with E-state index in [1.54, 1.807) is 0 Å². The van der Waals surface area contributed by atoms with E-state index in [1.807, 2.05) is 5.43 Å². The lowest BCUT2D eigenvalue weighted by atomic mass is 10.3. The average Bonchev–Trinajstić information content (AvgIpc) is 1.98. The molecule has 0 bridgehead atoms. The van der Waals surface area contributed by atoms with Crippen molar-refractivity contribution in [2.24, 2.45) is 0 Å². The Labute approximate surface area is 87.9 Å². The Morgan fingerprint density at radius 2 is 1.44 bits per heavy atom. The van der Waals surface area contributed by atoms with Gasteiger partial charge in [0.25, 0.3) is 0 Å². The van der Waals surface area contributed by atoms with Gasteiger partial charge in [0, 0.05) is 6.07 Å². The van der Waals surface area contributed by atoms with Crippen molar-refractivity contribution >= 4 is 13.5 Å². The van der Waals surface area contributed by atoms with Crippen LogP contribution < -0.4 is 11.1 Å². The Balaban J connectivity index is 0.000000385. The lowest BCUT2D eigenvalue weighted by Gasteiger charge is -2.00. The quantitative estimate of drug-likeness (QED) is 0.307. The lowest BCUT2D eigenvalue weighted by molar-refractivity contribution is 0.275. The summed E-state index contributed by atoms with van der Waals surface area (Å²) in [5, 5.41) is 0. The summed E-state index contributed by atoms with van der Waals surface area (Å²) in [6, 6.07) is 2.61. The molecule has 0 atom stereocenters. The largest absolute Gasteiger partial charge is 0.466 e. The van der Waals surface area contributed by atoms with Gasteiger partial charge in [0.15, 0.2) is 0 Å². The maximum absolute atomic E-state index is 12.3. The van der Waals surface area contributed by atoms with Crippen LogP contribution in [0.2, 0.25) is 0 Å². The van der Waals surface area contributed by atoms with Gasteiger partial charge in [-0.2, -0.15) is 0 Å². The molecule has 0 aliphatic carbocycles. The third-order valence-electron chi connectivity index (χ3n) is 1.05. The third kappa shape index (κ3) is 9.44. The lowest BCUT2D eigenvalue weighted by Crippen LogP contribution is -2.10. The molecule has 0 fully saturated rings. The fourth-order valence-electron chi connectivity index (χ4n) is 0.681. The van der Waals surface area contributed by atoms with Crippen molar-refractivity contribution in [2.75, 3.05) is 5.43 Å². The van der Waals surface area contributed by atoms with Crippen LogP contribution in [-0.2, 0) is 4.57 Å². The van der Waals surface area contributed by atoms with Crippen molar-refractivity contribution in [3.8, 4) is 0 Å². The Hall–Kier alpha value is -1.12. The molecule has 0 aromatic heterocycles. The molecular weight excluding hydrogens is 252 g/mol. The summed E-state index contributed by atoms with van der Waals surface area (Å²) in [7, 11) is -4.64. The molecular formula is C6H8F3N2O4P. The van der Waals surface area contributed by atoms with E-state index in [2.05, 4.69) is 0 Å². The van der Waals surface area contributed by atoms with Crippen LogP contribution in [0.1, 0.15) is 0 Å². The second kappa shape index (κ2) is 6.46. The van der Waals surface area contributed by atoms with Gasteiger partial charge in [-0.05, 0) is 12.1 Å². The second-order valence-corrected chi connectivity index (χ2v) is 3.42. The van der Waals surface area contributed by atoms with Crippen molar-refractivity contribution in [2.45, 2.75) is 0 Å². The van der Waals surface area contributed by atoms with Gasteiger partial charge in [-0.1, -0.05) is 5.65 Å². The maximum Gasteiger partial charge on any atom is 0.466 e. The van der Waals surface area contributed by atoms with Crippen molar-refractivity contribution in [1.29, 1.82) is 0 Å². The molecule has 6 nitrogen and oxygen atoms in total. The zero-order valence-electron chi connectivity index (χ0n) is 7.56.